The quantitative estimate of drug-likeness (QED) is 0.582. The molecular formula is C10H23N2+. The third-order valence-electron chi connectivity index (χ3n) is 2.81. The summed E-state index contributed by atoms with van der Waals surface area (Å²) in [5.41, 5.74) is 0. The summed E-state index contributed by atoms with van der Waals surface area (Å²) in [6, 6.07) is 0.843. The van der Waals surface area contributed by atoms with Crippen LogP contribution >= 0.6 is 0 Å². The molecule has 0 spiro atoms. The molecule has 1 aliphatic heterocycles. The van der Waals surface area contributed by atoms with E-state index in [-0.39, 0.29) is 0 Å². The molecule has 2 heteroatoms. The Hall–Kier alpha value is -0.0800. The third kappa shape index (κ3) is 2.20. The zero-order chi connectivity index (χ0) is 9.19. The van der Waals surface area contributed by atoms with Gasteiger partial charge in [-0.25, -0.2) is 4.90 Å². The lowest BCUT2D eigenvalue weighted by molar-refractivity contribution is -0.883. The molecule has 0 saturated carbocycles. The number of likely N-dealkylation sites (N-methyl/N-ethyl adjacent to an activating group) is 2. The lowest BCUT2D eigenvalue weighted by Crippen LogP contribution is -2.38. The summed E-state index contributed by atoms with van der Waals surface area (Å²) in [7, 11) is 4.66. The van der Waals surface area contributed by atoms with Crippen molar-refractivity contribution in [3.8, 4) is 0 Å². The summed E-state index contributed by atoms with van der Waals surface area (Å²) in [5, 5.41) is 0. The molecule has 2 nitrogen and oxygen atoms in total. The van der Waals surface area contributed by atoms with Crippen LogP contribution in [0.2, 0.25) is 0 Å². The van der Waals surface area contributed by atoms with Crippen molar-refractivity contribution >= 4 is 0 Å². The van der Waals surface area contributed by atoms with Gasteiger partial charge in [0, 0.05) is 6.54 Å². The van der Waals surface area contributed by atoms with Gasteiger partial charge in [0.2, 0.25) is 0 Å². The van der Waals surface area contributed by atoms with Crippen molar-refractivity contribution in [2.45, 2.75) is 32.7 Å². The molecule has 1 fully saturated rings. The van der Waals surface area contributed by atoms with Crippen LogP contribution in [0.25, 0.3) is 0 Å². The third-order valence-corrected chi connectivity index (χ3v) is 2.81. The van der Waals surface area contributed by atoms with E-state index in [4.69, 9.17) is 0 Å². The Bertz CT molecular complexity index is 143. The molecule has 0 N–H and O–H groups in total. The van der Waals surface area contributed by atoms with E-state index in [9.17, 15) is 0 Å². The van der Waals surface area contributed by atoms with Crippen LogP contribution in [0.3, 0.4) is 0 Å². The number of rotatable bonds is 3. The Labute approximate surface area is 76.7 Å². The second kappa shape index (κ2) is 3.75. The summed E-state index contributed by atoms with van der Waals surface area (Å²) < 4.78 is 1.18. The second-order valence-corrected chi connectivity index (χ2v) is 4.61. The molecule has 1 saturated heterocycles. The summed E-state index contributed by atoms with van der Waals surface area (Å²) in [5.74, 6) is 0. The van der Waals surface area contributed by atoms with Crippen LogP contribution in [0.4, 0.5) is 0 Å². The number of hydrogen-bond donors (Lipinski definition) is 0. The summed E-state index contributed by atoms with van der Waals surface area (Å²) in [4.78, 5) is 2.61. The van der Waals surface area contributed by atoms with E-state index in [1.54, 1.807) is 0 Å². The zero-order valence-electron chi connectivity index (χ0n) is 9.01. The van der Waals surface area contributed by atoms with E-state index in [2.05, 4.69) is 32.8 Å². The maximum absolute atomic E-state index is 2.61. The van der Waals surface area contributed by atoms with Crippen LogP contribution in [-0.2, 0) is 0 Å². The normalized spacial score (nSPS) is 29.5. The van der Waals surface area contributed by atoms with Gasteiger partial charge in [-0.15, -0.1) is 0 Å². The zero-order valence-corrected chi connectivity index (χ0v) is 9.01. The summed E-state index contributed by atoms with van der Waals surface area (Å²) in [6.07, 6.45) is 2.69. The Balaban J connectivity index is 2.50. The predicted molar refractivity (Wildman–Crippen MR) is 52.9 cm³/mol. The highest BCUT2D eigenvalue weighted by Crippen LogP contribution is 2.20. The molecule has 0 radical (unpaired) electrons. The lowest BCUT2D eigenvalue weighted by Gasteiger charge is -2.22. The van der Waals surface area contributed by atoms with E-state index in [0.29, 0.717) is 0 Å². The largest absolute Gasteiger partial charge is 0.315 e. The minimum atomic E-state index is 0.843. The summed E-state index contributed by atoms with van der Waals surface area (Å²) in [6.45, 7) is 8.34. The molecular weight excluding hydrogens is 148 g/mol. The molecule has 0 aromatic carbocycles. The SMILES string of the molecule is CCCC1C[N+](C)(C)CN1CC. The molecule has 0 bridgehead atoms. The van der Waals surface area contributed by atoms with Gasteiger partial charge in [0.1, 0.15) is 6.67 Å². The molecule has 1 heterocycles. The van der Waals surface area contributed by atoms with Crippen LogP contribution in [0.1, 0.15) is 26.7 Å². The van der Waals surface area contributed by atoms with Crippen molar-refractivity contribution in [1.82, 2.24) is 4.90 Å². The van der Waals surface area contributed by atoms with Gasteiger partial charge in [-0.05, 0) is 6.42 Å². The minimum Gasteiger partial charge on any atom is -0.315 e. The smallest absolute Gasteiger partial charge is 0.135 e. The molecule has 0 aromatic rings. The number of hydrogen-bond acceptors (Lipinski definition) is 1. The first kappa shape index (κ1) is 10.0. The first-order chi connectivity index (χ1) is 5.59. The second-order valence-electron chi connectivity index (χ2n) is 4.61. The van der Waals surface area contributed by atoms with Crippen LogP contribution in [0.15, 0.2) is 0 Å². The van der Waals surface area contributed by atoms with E-state index >= 15 is 0 Å². The summed E-state index contributed by atoms with van der Waals surface area (Å²) >= 11 is 0. The van der Waals surface area contributed by atoms with Crippen molar-refractivity contribution in [1.29, 1.82) is 0 Å². The first-order valence-electron chi connectivity index (χ1n) is 5.15. The van der Waals surface area contributed by atoms with Crippen molar-refractivity contribution < 1.29 is 4.48 Å². The highest BCUT2D eigenvalue weighted by Gasteiger charge is 2.35. The Morgan fingerprint density at radius 1 is 1.33 bits per heavy atom. The molecule has 0 amide bonds. The van der Waals surface area contributed by atoms with Gasteiger partial charge in [-0.3, -0.25) is 0 Å². The van der Waals surface area contributed by atoms with Crippen LogP contribution in [-0.4, -0.2) is 49.3 Å². The molecule has 0 aliphatic carbocycles. The van der Waals surface area contributed by atoms with Gasteiger partial charge in [-0.2, -0.15) is 0 Å². The fourth-order valence-electron chi connectivity index (χ4n) is 2.32. The Morgan fingerprint density at radius 3 is 2.50 bits per heavy atom. The molecule has 12 heavy (non-hydrogen) atoms. The topological polar surface area (TPSA) is 3.24 Å². The van der Waals surface area contributed by atoms with Crippen molar-refractivity contribution in [2.75, 3.05) is 33.9 Å². The first-order valence-corrected chi connectivity index (χ1v) is 5.15. The van der Waals surface area contributed by atoms with Crippen molar-refractivity contribution in [3.05, 3.63) is 0 Å². The number of nitrogens with zero attached hydrogens (tertiary/aromatic N) is 2. The standard InChI is InChI=1S/C10H23N2/c1-5-7-10-8-12(3,4)9-11(10)6-2/h10H,5-9H2,1-4H3/q+1. The Morgan fingerprint density at radius 2 is 2.00 bits per heavy atom. The molecule has 0 aromatic heterocycles. The molecule has 1 unspecified atom stereocenters. The fraction of sp³-hybridized carbons (Fsp3) is 1.00. The van der Waals surface area contributed by atoms with E-state index in [1.165, 1.54) is 37.1 Å². The molecule has 1 rings (SSSR count). The van der Waals surface area contributed by atoms with Gasteiger partial charge in [0.25, 0.3) is 0 Å². The molecule has 1 atom stereocenters. The molecule has 1 aliphatic rings. The fourth-order valence-corrected chi connectivity index (χ4v) is 2.32. The predicted octanol–water partition coefficient (Wildman–Crippen LogP) is 1.52. The molecule has 72 valence electrons. The monoisotopic (exact) mass is 171 g/mol. The van der Waals surface area contributed by atoms with E-state index < -0.39 is 0 Å². The van der Waals surface area contributed by atoms with Gasteiger partial charge in [0.15, 0.2) is 0 Å². The van der Waals surface area contributed by atoms with E-state index in [0.717, 1.165) is 6.04 Å². The maximum atomic E-state index is 2.61. The van der Waals surface area contributed by atoms with Crippen LogP contribution in [0, 0.1) is 0 Å². The van der Waals surface area contributed by atoms with E-state index in [1.807, 2.05) is 0 Å². The number of quaternary nitrogens is 1. The van der Waals surface area contributed by atoms with Gasteiger partial charge >= 0.3 is 0 Å². The maximum Gasteiger partial charge on any atom is 0.135 e. The van der Waals surface area contributed by atoms with Gasteiger partial charge in [0.05, 0.1) is 26.7 Å². The average molecular weight is 171 g/mol. The minimum absolute atomic E-state index is 0.843. The van der Waals surface area contributed by atoms with Gasteiger partial charge < -0.3 is 4.48 Å². The van der Waals surface area contributed by atoms with Crippen molar-refractivity contribution in [3.63, 3.8) is 0 Å². The average Bonchev–Trinajstić information content (AvgIpc) is 2.26. The van der Waals surface area contributed by atoms with Crippen LogP contribution < -0.4 is 0 Å². The van der Waals surface area contributed by atoms with Crippen molar-refractivity contribution in [2.24, 2.45) is 0 Å². The van der Waals surface area contributed by atoms with Gasteiger partial charge in [-0.1, -0.05) is 20.3 Å². The van der Waals surface area contributed by atoms with Crippen LogP contribution in [0.5, 0.6) is 0 Å². The lowest BCUT2D eigenvalue weighted by atomic mass is 10.1. The Kier molecular flexibility index (Phi) is 3.13. The highest BCUT2D eigenvalue weighted by atomic mass is 15.5. The highest BCUT2D eigenvalue weighted by molar-refractivity contribution is 4.72.